The molecule has 2 aromatic rings. The van der Waals surface area contributed by atoms with Crippen LogP contribution < -0.4 is 10.5 Å². The van der Waals surface area contributed by atoms with Gasteiger partial charge in [-0.15, -0.1) is 0 Å². The highest BCUT2D eigenvalue weighted by Gasteiger charge is 2.19. The second-order valence-electron chi connectivity index (χ2n) is 3.83. The van der Waals surface area contributed by atoms with Crippen LogP contribution in [-0.2, 0) is 0 Å². The molecule has 0 saturated carbocycles. The lowest BCUT2D eigenvalue weighted by Crippen LogP contribution is -2.00. The third-order valence-electron chi connectivity index (χ3n) is 2.66. The third kappa shape index (κ3) is 1.88. The first-order valence-corrected chi connectivity index (χ1v) is 5.26. The normalized spacial score (nSPS) is 10.3. The zero-order chi connectivity index (χ0) is 13.3. The highest BCUT2D eigenvalue weighted by atomic mass is 16.5. The molecule has 4 N–H and O–H groups in total. The maximum atomic E-state index is 11.2. The summed E-state index contributed by atoms with van der Waals surface area (Å²) in [6, 6.07) is 5.04. The molecule has 0 unspecified atom stereocenters. The molecule has 0 bridgehead atoms. The average molecular weight is 247 g/mol. The van der Waals surface area contributed by atoms with Crippen LogP contribution in [0.15, 0.2) is 18.2 Å². The Hall–Kier alpha value is -2.50. The first-order chi connectivity index (χ1) is 8.54. The molecule has 1 heterocycles. The predicted octanol–water partition coefficient (Wildman–Crippen LogP) is 1.67. The van der Waals surface area contributed by atoms with Gasteiger partial charge in [-0.2, -0.15) is 5.10 Å². The quantitative estimate of drug-likeness (QED) is 0.716. The van der Waals surface area contributed by atoms with E-state index in [1.165, 1.54) is 7.11 Å². The summed E-state index contributed by atoms with van der Waals surface area (Å²) in [5, 5.41) is 15.8. The van der Waals surface area contributed by atoms with E-state index in [1.54, 1.807) is 25.1 Å². The summed E-state index contributed by atoms with van der Waals surface area (Å²) in [5.74, 6) is -0.478. The molecule has 18 heavy (non-hydrogen) atoms. The number of aromatic amines is 1. The summed E-state index contributed by atoms with van der Waals surface area (Å²) in [7, 11) is 1.52. The van der Waals surface area contributed by atoms with Gasteiger partial charge < -0.3 is 15.6 Å². The Balaban J connectivity index is 2.56. The number of benzene rings is 1. The van der Waals surface area contributed by atoms with Crippen molar-refractivity contribution in [3.8, 4) is 17.0 Å². The van der Waals surface area contributed by atoms with Gasteiger partial charge in [0.1, 0.15) is 17.0 Å². The average Bonchev–Trinajstić information content (AvgIpc) is 2.71. The molecule has 94 valence electrons. The van der Waals surface area contributed by atoms with Gasteiger partial charge in [-0.3, -0.25) is 5.10 Å². The van der Waals surface area contributed by atoms with Gasteiger partial charge in [0, 0.05) is 11.3 Å². The van der Waals surface area contributed by atoms with Crippen molar-refractivity contribution in [2.75, 3.05) is 12.8 Å². The molecule has 0 aliphatic heterocycles. The fraction of sp³-hybridized carbons (Fsp3) is 0.167. The number of methoxy groups -OCH3 is 1. The van der Waals surface area contributed by atoms with Crippen LogP contribution >= 0.6 is 0 Å². The van der Waals surface area contributed by atoms with Crippen molar-refractivity contribution in [3.05, 3.63) is 29.5 Å². The van der Waals surface area contributed by atoms with E-state index < -0.39 is 5.97 Å². The fourth-order valence-corrected chi connectivity index (χ4v) is 1.78. The molecule has 0 atom stereocenters. The molecule has 0 amide bonds. The minimum absolute atomic E-state index is 0.152. The summed E-state index contributed by atoms with van der Waals surface area (Å²) in [5.41, 5.74) is 7.89. The Labute approximate surface area is 103 Å². The van der Waals surface area contributed by atoms with Crippen LogP contribution in [0, 0.1) is 6.92 Å². The number of hydrogen-bond donors (Lipinski definition) is 3. The molecule has 0 spiro atoms. The van der Waals surface area contributed by atoms with Crippen LogP contribution in [0.4, 0.5) is 5.69 Å². The van der Waals surface area contributed by atoms with E-state index in [4.69, 9.17) is 15.6 Å². The lowest BCUT2D eigenvalue weighted by molar-refractivity contribution is 0.0697. The molecule has 0 saturated heterocycles. The number of carboxylic acid groups (broad SMARTS) is 1. The summed E-state index contributed by atoms with van der Waals surface area (Å²) >= 11 is 0. The summed E-state index contributed by atoms with van der Waals surface area (Å²) in [6.45, 7) is 1.66. The number of hydrogen-bond acceptors (Lipinski definition) is 4. The van der Waals surface area contributed by atoms with Gasteiger partial charge in [-0.1, -0.05) is 0 Å². The topological polar surface area (TPSA) is 101 Å². The highest BCUT2D eigenvalue weighted by molar-refractivity contribution is 5.96. The number of aromatic carboxylic acids is 1. The number of nitrogen functional groups attached to an aromatic ring is 1. The first-order valence-electron chi connectivity index (χ1n) is 5.26. The SMILES string of the molecule is COc1ccc(-c2n[nH]c(C)c2C(=O)O)cc1N. The molecule has 2 rings (SSSR count). The zero-order valence-electron chi connectivity index (χ0n) is 10.0. The summed E-state index contributed by atoms with van der Waals surface area (Å²) in [4.78, 5) is 11.2. The van der Waals surface area contributed by atoms with E-state index in [-0.39, 0.29) is 5.56 Å². The van der Waals surface area contributed by atoms with Gasteiger partial charge in [-0.05, 0) is 25.1 Å². The van der Waals surface area contributed by atoms with Crippen molar-refractivity contribution < 1.29 is 14.6 Å². The van der Waals surface area contributed by atoms with Crippen molar-refractivity contribution in [2.45, 2.75) is 6.92 Å². The number of H-pyrrole nitrogens is 1. The number of aryl methyl sites for hydroxylation is 1. The second kappa shape index (κ2) is 4.40. The highest BCUT2D eigenvalue weighted by Crippen LogP contribution is 2.30. The van der Waals surface area contributed by atoms with Gasteiger partial charge in [0.25, 0.3) is 0 Å². The number of aromatic nitrogens is 2. The molecule has 0 radical (unpaired) electrons. The number of ether oxygens (including phenoxy) is 1. The monoisotopic (exact) mass is 247 g/mol. The van der Waals surface area contributed by atoms with Gasteiger partial charge in [0.05, 0.1) is 12.8 Å². The molecule has 6 nitrogen and oxygen atoms in total. The van der Waals surface area contributed by atoms with E-state index >= 15 is 0 Å². The molecule has 1 aromatic carbocycles. The van der Waals surface area contributed by atoms with Crippen LogP contribution in [0.2, 0.25) is 0 Å². The van der Waals surface area contributed by atoms with Crippen LogP contribution in [0.25, 0.3) is 11.3 Å². The van der Waals surface area contributed by atoms with E-state index in [2.05, 4.69) is 10.2 Å². The van der Waals surface area contributed by atoms with Gasteiger partial charge in [0.2, 0.25) is 0 Å². The van der Waals surface area contributed by atoms with Crippen molar-refractivity contribution in [3.63, 3.8) is 0 Å². The number of carboxylic acids is 1. The molecule has 1 aromatic heterocycles. The Morgan fingerprint density at radius 2 is 2.22 bits per heavy atom. The molecule has 0 aliphatic rings. The van der Waals surface area contributed by atoms with E-state index in [9.17, 15) is 4.79 Å². The minimum Gasteiger partial charge on any atom is -0.495 e. The second-order valence-corrected chi connectivity index (χ2v) is 3.83. The number of carbonyl (C=O) groups is 1. The van der Waals surface area contributed by atoms with Crippen molar-refractivity contribution >= 4 is 11.7 Å². The predicted molar refractivity (Wildman–Crippen MR) is 66.7 cm³/mol. The smallest absolute Gasteiger partial charge is 0.339 e. The number of anilines is 1. The van der Waals surface area contributed by atoms with Crippen molar-refractivity contribution in [1.29, 1.82) is 0 Å². The molecular formula is C12H13N3O3. The molecule has 6 heteroatoms. The standard InChI is InChI=1S/C12H13N3O3/c1-6-10(12(16)17)11(15-14-6)7-3-4-9(18-2)8(13)5-7/h3-5H,13H2,1-2H3,(H,14,15)(H,16,17). The Morgan fingerprint density at radius 3 is 2.78 bits per heavy atom. The summed E-state index contributed by atoms with van der Waals surface area (Å²) < 4.78 is 5.05. The van der Waals surface area contributed by atoms with Crippen LogP contribution in [0.5, 0.6) is 5.75 Å². The number of rotatable bonds is 3. The Bertz CT molecular complexity index is 605. The number of nitrogens with one attached hydrogen (secondary N) is 1. The number of nitrogens with zero attached hydrogens (tertiary/aromatic N) is 1. The van der Waals surface area contributed by atoms with Gasteiger partial charge in [0.15, 0.2) is 0 Å². The van der Waals surface area contributed by atoms with Crippen LogP contribution in [-0.4, -0.2) is 28.4 Å². The molecule has 0 fully saturated rings. The first kappa shape index (κ1) is 12.0. The summed E-state index contributed by atoms with van der Waals surface area (Å²) in [6.07, 6.45) is 0. The van der Waals surface area contributed by atoms with E-state index in [0.717, 1.165) is 0 Å². The molecular weight excluding hydrogens is 234 g/mol. The maximum Gasteiger partial charge on any atom is 0.339 e. The van der Waals surface area contributed by atoms with Gasteiger partial charge in [-0.25, -0.2) is 4.79 Å². The van der Waals surface area contributed by atoms with Crippen LogP contribution in [0.1, 0.15) is 16.1 Å². The lowest BCUT2D eigenvalue weighted by atomic mass is 10.1. The zero-order valence-corrected chi connectivity index (χ0v) is 10.0. The van der Waals surface area contributed by atoms with Crippen LogP contribution in [0.3, 0.4) is 0 Å². The van der Waals surface area contributed by atoms with Gasteiger partial charge >= 0.3 is 5.97 Å². The largest absolute Gasteiger partial charge is 0.495 e. The van der Waals surface area contributed by atoms with E-state index in [0.29, 0.717) is 28.4 Å². The maximum absolute atomic E-state index is 11.2. The third-order valence-corrected chi connectivity index (χ3v) is 2.66. The Kier molecular flexibility index (Phi) is 2.93. The number of nitrogens with two attached hydrogens (primary N) is 1. The van der Waals surface area contributed by atoms with Crippen molar-refractivity contribution in [1.82, 2.24) is 10.2 Å². The fourth-order valence-electron chi connectivity index (χ4n) is 1.78. The van der Waals surface area contributed by atoms with Crippen molar-refractivity contribution in [2.24, 2.45) is 0 Å². The Morgan fingerprint density at radius 1 is 1.50 bits per heavy atom. The minimum atomic E-state index is -1.02. The lowest BCUT2D eigenvalue weighted by Gasteiger charge is -2.06. The van der Waals surface area contributed by atoms with E-state index in [1.807, 2.05) is 0 Å². The molecule has 0 aliphatic carbocycles.